The highest BCUT2D eigenvalue weighted by Gasteiger charge is 2.25. The highest BCUT2D eigenvalue weighted by Crippen LogP contribution is 2.19. The van der Waals surface area contributed by atoms with Gasteiger partial charge < -0.3 is 15.7 Å². The van der Waals surface area contributed by atoms with Gasteiger partial charge in [0.15, 0.2) is 0 Å². The first-order valence-corrected chi connectivity index (χ1v) is 6.96. The van der Waals surface area contributed by atoms with Gasteiger partial charge in [0, 0.05) is 4.88 Å². The molecule has 19 heavy (non-hydrogen) atoms. The monoisotopic (exact) mass is 280 g/mol. The Morgan fingerprint density at radius 3 is 2.84 bits per heavy atom. The fourth-order valence-electron chi connectivity index (χ4n) is 2.00. The number of carbonyl (C=O) groups excluding carboxylic acids is 1. The Bertz CT molecular complexity index is 484. The number of nitrogens with one attached hydrogen (secondary N) is 2. The van der Waals surface area contributed by atoms with E-state index >= 15 is 0 Å². The molecule has 3 unspecified atom stereocenters. The number of aliphatic carboxylic acids is 1. The van der Waals surface area contributed by atoms with Crippen LogP contribution in [0.4, 0.5) is 4.79 Å². The van der Waals surface area contributed by atoms with Gasteiger partial charge in [-0.05, 0) is 24.8 Å². The molecule has 0 fully saturated rings. The molecule has 6 heteroatoms. The van der Waals surface area contributed by atoms with E-state index in [1.54, 1.807) is 23.5 Å². The molecule has 0 spiro atoms. The van der Waals surface area contributed by atoms with Crippen molar-refractivity contribution < 1.29 is 14.7 Å². The van der Waals surface area contributed by atoms with E-state index in [1.807, 2.05) is 24.4 Å². The van der Waals surface area contributed by atoms with Crippen molar-refractivity contribution in [2.75, 3.05) is 0 Å². The standard InChI is InChI=1S/C13H16N2O3S/c1-8(11-3-2-6-19-11)14-13(18)15-10-5-4-9(7-10)12(16)17/h2-6,8-10H,7H2,1H3,(H,16,17)(H2,14,15,18). The predicted molar refractivity (Wildman–Crippen MR) is 73.1 cm³/mol. The average Bonchev–Trinajstić information content (AvgIpc) is 2.98. The van der Waals surface area contributed by atoms with Crippen molar-refractivity contribution in [3.05, 3.63) is 34.5 Å². The van der Waals surface area contributed by atoms with Gasteiger partial charge in [-0.3, -0.25) is 4.79 Å². The number of carboxylic acid groups (broad SMARTS) is 1. The zero-order chi connectivity index (χ0) is 13.8. The molecule has 2 rings (SSSR count). The van der Waals surface area contributed by atoms with Crippen molar-refractivity contribution in [2.24, 2.45) is 5.92 Å². The molecule has 0 saturated heterocycles. The molecule has 5 nitrogen and oxygen atoms in total. The van der Waals surface area contributed by atoms with E-state index in [0.717, 1.165) is 4.88 Å². The first kappa shape index (κ1) is 13.6. The van der Waals surface area contributed by atoms with Crippen LogP contribution in [-0.2, 0) is 4.79 Å². The van der Waals surface area contributed by atoms with Crippen molar-refractivity contribution in [3.63, 3.8) is 0 Å². The van der Waals surface area contributed by atoms with Gasteiger partial charge in [0.1, 0.15) is 0 Å². The highest BCUT2D eigenvalue weighted by molar-refractivity contribution is 7.10. The second kappa shape index (κ2) is 5.88. The number of carbonyl (C=O) groups is 2. The van der Waals surface area contributed by atoms with Crippen LogP contribution in [0.15, 0.2) is 29.7 Å². The molecule has 1 aliphatic carbocycles. The lowest BCUT2D eigenvalue weighted by molar-refractivity contribution is -0.140. The number of hydrogen-bond acceptors (Lipinski definition) is 3. The van der Waals surface area contributed by atoms with Crippen LogP contribution in [0.3, 0.4) is 0 Å². The van der Waals surface area contributed by atoms with E-state index in [2.05, 4.69) is 10.6 Å². The first-order chi connectivity index (χ1) is 9.06. The van der Waals surface area contributed by atoms with Gasteiger partial charge in [-0.1, -0.05) is 18.2 Å². The Hall–Kier alpha value is -1.82. The molecule has 0 saturated carbocycles. The maximum absolute atomic E-state index is 11.8. The van der Waals surface area contributed by atoms with Crippen molar-refractivity contribution in [1.29, 1.82) is 0 Å². The minimum absolute atomic E-state index is 0.0550. The summed E-state index contributed by atoms with van der Waals surface area (Å²) in [6.45, 7) is 1.91. The SMILES string of the molecule is CC(NC(=O)NC1C=CC(C(=O)O)C1)c1cccs1. The summed E-state index contributed by atoms with van der Waals surface area (Å²) >= 11 is 1.59. The van der Waals surface area contributed by atoms with Crippen molar-refractivity contribution in [3.8, 4) is 0 Å². The van der Waals surface area contributed by atoms with E-state index in [-0.39, 0.29) is 18.1 Å². The molecule has 1 aromatic heterocycles. The molecular formula is C13H16N2O3S. The lowest BCUT2D eigenvalue weighted by Crippen LogP contribution is -2.41. The molecular weight excluding hydrogens is 264 g/mol. The minimum Gasteiger partial charge on any atom is -0.481 e. The van der Waals surface area contributed by atoms with Crippen LogP contribution in [0.2, 0.25) is 0 Å². The van der Waals surface area contributed by atoms with E-state index in [0.29, 0.717) is 6.42 Å². The zero-order valence-corrected chi connectivity index (χ0v) is 11.3. The summed E-state index contributed by atoms with van der Waals surface area (Å²) in [5.74, 6) is -1.35. The first-order valence-electron chi connectivity index (χ1n) is 6.08. The molecule has 0 bridgehead atoms. The van der Waals surface area contributed by atoms with Crippen LogP contribution in [0.1, 0.15) is 24.3 Å². The highest BCUT2D eigenvalue weighted by atomic mass is 32.1. The smallest absolute Gasteiger partial charge is 0.315 e. The summed E-state index contributed by atoms with van der Waals surface area (Å²) in [6.07, 6.45) is 3.76. The van der Waals surface area contributed by atoms with E-state index < -0.39 is 11.9 Å². The van der Waals surface area contributed by atoms with Gasteiger partial charge in [0.2, 0.25) is 0 Å². The normalized spacial score (nSPS) is 23.0. The average molecular weight is 280 g/mol. The Kier molecular flexibility index (Phi) is 4.21. The lowest BCUT2D eigenvalue weighted by atomic mass is 10.1. The number of urea groups is 1. The maximum atomic E-state index is 11.8. The fourth-order valence-corrected chi connectivity index (χ4v) is 2.74. The quantitative estimate of drug-likeness (QED) is 0.739. The van der Waals surface area contributed by atoms with E-state index in [4.69, 9.17) is 5.11 Å². The summed E-state index contributed by atoms with van der Waals surface area (Å²) < 4.78 is 0. The molecule has 2 amide bonds. The van der Waals surface area contributed by atoms with E-state index in [9.17, 15) is 9.59 Å². The van der Waals surface area contributed by atoms with Gasteiger partial charge >= 0.3 is 12.0 Å². The van der Waals surface area contributed by atoms with Crippen LogP contribution in [0.5, 0.6) is 0 Å². The third-order valence-corrected chi connectivity index (χ3v) is 4.09. The molecule has 1 heterocycles. The summed E-state index contributed by atoms with van der Waals surface area (Å²) in [5, 5.41) is 16.4. The second-order valence-corrected chi connectivity index (χ2v) is 5.51. The van der Waals surface area contributed by atoms with Crippen molar-refractivity contribution >= 4 is 23.3 Å². The van der Waals surface area contributed by atoms with Gasteiger partial charge in [0.25, 0.3) is 0 Å². The largest absolute Gasteiger partial charge is 0.481 e. The van der Waals surface area contributed by atoms with Crippen LogP contribution >= 0.6 is 11.3 Å². The molecule has 3 N–H and O–H groups in total. The zero-order valence-electron chi connectivity index (χ0n) is 10.5. The van der Waals surface area contributed by atoms with Gasteiger partial charge in [-0.25, -0.2) is 4.79 Å². The number of hydrogen-bond donors (Lipinski definition) is 3. The third kappa shape index (κ3) is 3.57. The Balaban J connectivity index is 1.80. The molecule has 102 valence electrons. The van der Waals surface area contributed by atoms with Crippen LogP contribution < -0.4 is 10.6 Å². The summed E-state index contributed by atoms with van der Waals surface area (Å²) in [4.78, 5) is 23.7. The van der Waals surface area contributed by atoms with Crippen LogP contribution in [-0.4, -0.2) is 23.1 Å². The Morgan fingerprint density at radius 2 is 2.26 bits per heavy atom. The lowest BCUT2D eigenvalue weighted by Gasteiger charge is -2.16. The van der Waals surface area contributed by atoms with Crippen LogP contribution in [0.25, 0.3) is 0 Å². The van der Waals surface area contributed by atoms with Gasteiger partial charge in [-0.2, -0.15) is 0 Å². The molecule has 0 aromatic carbocycles. The summed E-state index contributed by atoms with van der Waals surface area (Å²) in [6, 6.07) is 3.36. The molecule has 1 aliphatic rings. The van der Waals surface area contributed by atoms with Crippen LogP contribution in [0, 0.1) is 5.92 Å². The molecule has 1 aromatic rings. The molecule has 0 radical (unpaired) electrons. The Labute approximate surface area is 115 Å². The molecule has 0 aliphatic heterocycles. The minimum atomic E-state index is -0.854. The predicted octanol–water partition coefficient (Wildman–Crippen LogP) is 2.14. The van der Waals surface area contributed by atoms with E-state index in [1.165, 1.54) is 0 Å². The number of carboxylic acids is 1. The topological polar surface area (TPSA) is 78.4 Å². The van der Waals surface area contributed by atoms with Crippen molar-refractivity contribution in [2.45, 2.75) is 25.4 Å². The molecule has 3 atom stereocenters. The van der Waals surface area contributed by atoms with Gasteiger partial charge in [0.05, 0.1) is 18.0 Å². The van der Waals surface area contributed by atoms with Gasteiger partial charge in [-0.15, -0.1) is 11.3 Å². The third-order valence-electron chi connectivity index (χ3n) is 3.03. The number of thiophene rings is 1. The maximum Gasteiger partial charge on any atom is 0.315 e. The number of rotatable bonds is 4. The summed E-state index contributed by atoms with van der Waals surface area (Å²) in [5.41, 5.74) is 0. The summed E-state index contributed by atoms with van der Waals surface area (Å²) in [7, 11) is 0. The Morgan fingerprint density at radius 1 is 1.47 bits per heavy atom. The number of amides is 2. The van der Waals surface area contributed by atoms with Crippen molar-refractivity contribution in [1.82, 2.24) is 10.6 Å². The fraction of sp³-hybridized carbons (Fsp3) is 0.385. The second-order valence-electron chi connectivity index (χ2n) is 4.53.